The van der Waals surface area contributed by atoms with E-state index in [1.54, 1.807) is 29.8 Å². The average molecular weight is 243 g/mol. The summed E-state index contributed by atoms with van der Waals surface area (Å²) in [6.45, 7) is 0. The van der Waals surface area contributed by atoms with Gasteiger partial charge in [0.25, 0.3) is 0 Å². The fraction of sp³-hybridized carbons (Fsp3) is 0.429. The van der Waals surface area contributed by atoms with Gasteiger partial charge in [0.05, 0.1) is 5.75 Å². The van der Waals surface area contributed by atoms with Crippen LogP contribution in [0.3, 0.4) is 0 Å². The second-order valence-corrected chi connectivity index (χ2v) is 5.18. The van der Waals surface area contributed by atoms with E-state index in [9.17, 15) is 4.79 Å². The molecule has 15 heavy (non-hydrogen) atoms. The Balaban J connectivity index is 2.01. The third-order valence-corrected chi connectivity index (χ3v) is 3.72. The van der Waals surface area contributed by atoms with Gasteiger partial charge in [0, 0.05) is 14.1 Å². The van der Waals surface area contributed by atoms with Crippen LogP contribution in [0.2, 0.25) is 0 Å². The summed E-state index contributed by atoms with van der Waals surface area (Å²) in [5, 5.41) is 11.8. The summed E-state index contributed by atoms with van der Waals surface area (Å²) < 4.78 is 2.43. The van der Waals surface area contributed by atoms with E-state index in [1.807, 2.05) is 0 Å². The lowest BCUT2D eigenvalue weighted by atomic mass is 10.6. The van der Waals surface area contributed by atoms with Crippen LogP contribution >= 0.6 is 23.1 Å². The molecule has 0 saturated heterocycles. The van der Waals surface area contributed by atoms with Gasteiger partial charge in [-0.05, 0) is 0 Å². The van der Waals surface area contributed by atoms with E-state index < -0.39 is 0 Å². The fourth-order valence-electron chi connectivity index (χ4n) is 0.852. The number of hydrogen-bond acceptors (Lipinski definition) is 6. The van der Waals surface area contributed by atoms with E-state index in [4.69, 9.17) is 0 Å². The van der Waals surface area contributed by atoms with E-state index in [-0.39, 0.29) is 5.91 Å². The maximum absolute atomic E-state index is 11.3. The van der Waals surface area contributed by atoms with Crippen LogP contribution in [0.15, 0.2) is 10.7 Å². The number of carbonyl (C=O) groups excluding carboxylic acids is 1. The molecular formula is C7H9N5OS2. The number of hydrogen-bond donors (Lipinski definition) is 0. The number of nitrogens with zero attached hydrogens (tertiary/aromatic N) is 5. The van der Waals surface area contributed by atoms with Crippen LogP contribution in [0, 0.1) is 0 Å². The number of fused-ring (bicyclic) bond motifs is 1. The summed E-state index contributed by atoms with van der Waals surface area (Å²) in [6.07, 6.45) is 1.55. The number of aromatic nitrogens is 4. The molecule has 0 atom stereocenters. The molecule has 0 bridgehead atoms. The largest absolute Gasteiger partial charge is 0.348 e. The number of thioether (sulfide) groups is 1. The Morgan fingerprint density at radius 3 is 3.13 bits per heavy atom. The normalized spacial score (nSPS) is 10.8. The van der Waals surface area contributed by atoms with Crippen molar-refractivity contribution in [2.75, 3.05) is 19.8 Å². The maximum Gasteiger partial charge on any atom is 0.235 e. The van der Waals surface area contributed by atoms with E-state index in [0.29, 0.717) is 5.75 Å². The van der Waals surface area contributed by atoms with Crippen molar-refractivity contribution in [3.05, 3.63) is 6.33 Å². The van der Waals surface area contributed by atoms with Gasteiger partial charge in [-0.2, -0.15) is 4.52 Å². The standard InChI is InChI=1S/C7H9N5OS2/c1-11(2)5(13)3-14-7-10-12-4-8-9-6(12)15-7/h4H,3H2,1-2H3. The van der Waals surface area contributed by atoms with Crippen molar-refractivity contribution >= 4 is 34.0 Å². The van der Waals surface area contributed by atoms with E-state index in [1.165, 1.54) is 23.1 Å². The molecule has 0 fully saturated rings. The maximum atomic E-state index is 11.3. The molecule has 2 rings (SSSR count). The summed E-state index contributed by atoms with van der Waals surface area (Å²) >= 11 is 2.84. The number of carbonyl (C=O) groups is 1. The monoisotopic (exact) mass is 243 g/mol. The Labute approximate surface area is 94.3 Å². The van der Waals surface area contributed by atoms with Crippen LogP contribution < -0.4 is 0 Å². The predicted octanol–water partition coefficient (Wildman–Crippen LogP) is 0.366. The number of rotatable bonds is 3. The highest BCUT2D eigenvalue weighted by Crippen LogP contribution is 2.23. The van der Waals surface area contributed by atoms with Crippen molar-refractivity contribution in [1.29, 1.82) is 0 Å². The van der Waals surface area contributed by atoms with Gasteiger partial charge >= 0.3 is 0 Å². The highest BCUT2D eigenvalue weighted by molar-refractivity contribution is 8.01. The van der Waals surface area contributed by atoms with E-state index >= 15 is 0 Å². The van der Waals surface area contributed by atoms with Gasteiger partial charge in [-0.25, -0.2) is 0 Å². The molecule has 2 aromatic heterocycles. The Morgan fingerprint density at radius 1 is 1.67 bits per heavy atom. The second-order valence-electron chi connectivity index (χ2n) is 3.00. The molecule has 0 unspecified atom stereocenters. The first-order chi connectivity index (χ1) is 7.16. The Kier molecular flexibility index (Phi) is 2.87. The molecule has 0 aliphatic rings. The van der Waals surface area contributed by atoms with Gasteiger partial charge in [0.15, 0.2) is 4.34 Å². The van der Waals surface area contributed by atoms with Gasteiger partial charge in [-0.1, -0.05) is 23.1 Å². The molecule has 0 spiro atoms. The first-order valence-corrected chi connectivity index (χ1v) is 5.97. The minimum Gasteiger partial charge on any atom is -0.348 e. The van der Waals surface area contributed by atoms with Crippen LogP contribution in [-0.4, -0.2) is 50.5 Å². The predicted molar refractivity (Wildman–Crippen MR) is 58.1 cm³/mol. The highest BCUT2D eigenvalue weighted by atomic mass is 32.2. The third kappa shape index (κ3) is 2.26. The zero-order valence-corrected chi connectivity index (χ0v) is 9.88. The van der Waals surface area contributed by atoms with Crippen LogP contribution in [0.5, 0.6) is 0 Å². The summed E-state index contributed by atoms with van der Waals surface area (Å²) in [7, 11) is 3.48. The average Bonchev–Trinajstić information content (AvgIpc) is 2.72. The lowest BCUT2D eigenvalue weighted by molar-refractivity contribution is -0.125. The van der Waals surface area contributed by atoms with Crippen molar-refractivity contribution in [2.45, 2.75) is 4.34 Å². The van der Waals surface area contributed by atoms with Gasteiger partial charge in [0.2, 0.25) is 10.9 Å². The summed E-state index contributed by atoms with van der Waals surface area (Å²) in [5.74, 6) is 0.475. The zero-order valence-electron chi connectivity index (χ0n) is 8.25. The van der Waals surface area contributed by atoms with Crippen LogP contribution in [0.4, 0.5) is 0 Å². The van der Waals surface area contributed by atoms with E-state index in [0.717, 1.165) is 9.30 Å². The van der Waals surface area contributed by atoms with Crippen LogP contribution in [0.25, 0.3) is 4.96 Å². The molecule has 8 heteroatoms. The Bertz CT molecular complexity index is 448. The van der Waals surface area contributed by atoms with Gasteiger partial charge in [0.1, 0.15) is 6.33 Å². The van der Waals surface area contributed by atoms with E-state index in [2.05, 4.69) is 15.3 Å². The Morgan fingerprint density at radius 2 is 2.47 bits per heavy atom. The highest BCUT2D eigenvalue weighted by Gasteiger charge is 2.09. The minimum atomic E-state index is 0.0750. The quantitative estimate of drug-likeness (QED) is 0.729. The molecule has 0 radical (unpaired) electrons. The molecule has 0 aliphatic carbocycles. The molecule has 0 N–H and O–H groups in total. The van der Waals surface area contributed by atoms with Crippen molar-refractivity contribution in [3.8, 4) is 0 Å². The molecule has 2 heterocycles. The number of amides is 1. The molecular weight excluding hydrogens is 234 g/mol. The lowest BCUT2D eigenvalue weighted by Crippen LogP contribution is -2.23. The summed E-state index contributed by atoms with van der Waals surface area (Å²) in [6, 6.07) is 0. The summed E-state index contributed by atoms with van der Waals surface area (Å²) in [5.41, 5.74) is 0. The fourth-order valence-corrected chi connectivity index (χ4v) is 2.69. The molecule has 0 saturated carbocycles. The molecule has 80 valence electrons. The summed E-state index contributed by atoms with van der Waals surface area (Å²) in [4.78, 5) is 13.6. The van der Waals surface area contributed by atoms with Crippen molar-refractivity contribution in [2.24, 2.45) is 0 Å². The SMILES string of the molecule is CN(C)C(=O)CSc1nn2cnnc2s1. The first-order valence-electron chi connectivity index (χ1n) is 4.16. The molecule has 1 amide bonds. The molecule has 0 aromatic carbocycles. The third-order valence-electron chi connectivity index (χ3n) is 1.69. The smallest absolute Gasteiger partial charge is 0.235 e. The van der Waals surface area contributed by atoms with Crippen molar-refractivity contribution in [1.82, 2.24) is 24.7 Å². The minimum absolute atomic E-state index is 0.0750. The topological polar surface area (TPSA) is 63.4 Å². The van der Waals surface area contributed by atoms with Gasteiger partial charge < -0.3 is 4.90 Å². The lowest BCUT2D eigenvalue weighted by Gasteiger charge is -2.07. The van der Waals surface area contributed by atoms with Crippen LogP contribution in [-0.2, 0) is 4.79 Å². The molecule has 2 aromatic rings. The Hall–Kier alpha value is -1.15. The van der Waals surface area contributed by atoms with Crippen molar-refractivity contribution in [3.63, 3.8) is 0 Å². The second kappa shape index (κ2) is 4.15. The zero-order chi connectivity index (χ0) is 10.8. The van der Waals surface area contributed by atoms with Crippen molar-refractivity contribution < 1.29 is 4.79 Å². The van der Waals surface area contributed by atoms with Crippen LogP contribution in [0.1, 0.15) is 0 Å². The van der Waals surface area contributed by atoms with Gasteiger partial charge in [-0.15, -0.1) is 15.3 Å². The molecule has 6 nitrogen and oxygen atoms in total. The molecule has 0 aliphatic heterocycles. The van der Waals surface area contributed by atoms with Gasteiger partial charge in [-0.3, -0.25) is 4.79 Å². The first kappa shape index (κ1) is 10.4.